The van der Waals surface area contributed by atoms with Gasteiger partial charge in [-0.15, -0.1) is 0 Å². The van der Waals surface area contributed by atoms with E-state index in [2.05, 4.69) is 25.1 Å². The summed E-state index contributed by atoms with van der Waals surface area (Å²) in [5, 5.41) is 20.2. The number of allylic oxidation sites excluding steroid dienone is 2. The van der Waals surface area contributed by atoms with Gasteiger partial charge in [0.15, 0.2) is 0 Å². The van der Waals surface area contributed by atoms with Gasteiger partial charge in [-0.05, 0) is 56.8 Å². The Morgan fingerprint density at radius 3 is 2.56 bits per heavy atom. The molecule has 2 atom stereocenters. The van der Waals surface area contributed by atoms with Crippen molar-refractivity contribution in [1.29, 1.82) is 5.26 Å². The van der Waals surface area contributed by atoms with E-state index in [1.807, 2.05) is 0 Å². The van der Waals surface area contributed by atoms with E-state index in [1.54, 1.807) is 0 Å². The molecule has 2 nitrogen and oxygen atoms in total. The minimum absolute atomic E-state index is 0.299. The number of nitriles is 1. The van der Waals surface area contributed by atoms with Crippen molar-refractivity contribution in [2.75, 3.05) is 0 Å². The molecule has 1 fully saturated rings. The van der Waals surface area contributed by atoms with E-state index in [0.717, 1.165) is 50.9 Å². The molecule has 1 saturated carbocycles. The van der Waals surface area contributed by atoms with Crippen LogP contribution in [0.15, 0.2) is 12.2 Å². The van der Waals surface area contributed by atoms with Gasteiger partial charge in [0.25, 0.3) is 0 Å². The maximum Gasteiger partial charge on any atom is 0.0835 e. The third-order valence-electron chi connectivity index (χ3n) is 5.12. The van der Waals surface area contributed by atoms with Gasteiger partial charge in [0, 0.05) is 0 Å². The van der Waals surface area contributed by atoms with Crippen LogP contribution in [-0.2, 0) is 0 Å². The molecule has 2 rings (SSSR count). The van der Waals surface area contributed by atoms with Crippen LogP contribution in [0, 0.1) is 28.6 Å². The second-order valence-electron chi connectivity index (χ2n) is 6.11. The molecule has 0 spiro atoms. The van der Waals surface area contributed by atoms with Crippen LogP contribution in [-0.4, -0.2) is 11.2 Å². The summed E-state index contributed by atoms with van der Waals surface area (Å²) in [7, 11) is 0. The summed E-state index contributed by atoms with van der Waals surface area (Å²) < 4.78 is 0. The molecular weight excluding hydrogens is 222 g/mol. The zero-order chi connectivity index (χ0) is 13.0. The number of nitrogens with zero attached hydrogens (tertiary/aromatic N) is 1. The number of hydrogen-bond donors (Lipinski definition) is 1. The maximum atomic E-state index is 10.7. The highest BCUT2D eigenvalue weighted by atomic mass is 16.3. The highest BCUT2D eigenvalue weighted by Gasteiger charge is 2.44. The monoisotopic (exact) mass is 247 g/mol. The summed E-state index contributed by atoms with van der Waals surface area (Å²) in [4.78, 5) is 0. The van der Waals surface area contributed by atoms with Crippen molar-refractivity contribution in [3.05, 3.63) is 12.2 Å². The van der Waals surface area contributed by atoms with Gasteiger partial charge in [-0.2, -0.15) is 5.26 Å². The fraction of sp³-hybridized carbons (Fsp3) is 0.812. The normalized spacial score (nSPS) is 38.1. The van der Waals surface area contributed by atoms with Crippen molar-refractivity contribution < 1.29 is 5.11 Å². The Labute approximate surface area is 111 Å². The summed E-state index contributed by atoms with van der Waals surface area (Å²) in [6.45, 7) is 2.23. The minimum atomic E-state index is -0.457. The van der Waals surface area contributed by atoms with E-state index in [9.17, 15) is 10.4 Å². The van der Waals surface area contributed by atoms with E-state index in [-0.39, 0.29) is 0 Å². The van der Waals surface area contributed by atoms with Crippen LogP contribution in [0.1, 0.15) is 58.3 Å². The Kier molecular flexibility index (Phi) is 4.45. The Hall–Kier alpha value is -0.810. The first-order valence-corrected chi connectivity index (χ1v) is 7.46. The molecule has 2 heteroatoms. The molecule has 0 heterocycles. The topological polar surface area (TPSA) is 44.0 Å². The van der Waals surface area contributed by atoms with Crippen LogP contribution < -0.4 is 0 Å². The van der Waals surface area contributed by atoms with Crippen molar-refractivity contribution in [2.24, 2.45) is 17.3 Å². The van der Waals surface area contributed by atoms with Gasteiger partial charge >= 0.3 is 0 Å². The third kappa shape index (κ3) is 2.62. The standard InChI is InChI=1S/C16H25NO/c1-2-13-8-10-16(12-17,11-9-13)15(18)14-6-4-3-5-7-14/h3-4,13-15,18H,2,5-11H2,1H3. The zero-order valence-electron chi connectivity index (χ0n) is 11.4. The predicted octanol–water partition coefficient (Wildman–Crippen LogP) is 3.81. The molecule has 1 N–H and O–H groups in total. The fourth-order valence-corrected chi connectivity index (χ4v) is 3.63. The summed E-state index contributed by atoms with van der Waals surface area (Å²) >= 11 is 0. The second kappa shape index (κ2) is 5.89. The first-order chi connectivity index (χ1) is 8.72. The smallest absolute Gasteiger partial charge is 0.0835 e. The van der Waals surface area contributed by atoms with E-state index in [4.69, 9.17) is 0 Å². The lowest BCUT2D eigenvalue weighted by molar-refractivity contribution is -0.0182. The predicted molar refractivity (Wildman–Crippen MR) is 72.8 cm³/mol. The highest BCUT2D eigenvalue weighted by Crippen LogP contribution is 2.45. The van der Waals surface area contributed by atoms with Gasteiger partial charge in [0.05, 0.1) is 17.6 Å². The van der Waals surface area contributed by atoms with Crippen molar-refractivity contribution in [3.63, 3.8) is 0 Å². The summed E-state index contributed by atoms with van der Waals surface area (Å²) in [6.07, 6.45) is 12.2. The first-order valence-electron chi connectivity index (χ1n) is 7.46. The van der Waals surface area contributed by atoms with Crippen molar-refractivity contribution in [1.82, 2.24) is 0 Å². The molecule has 100 valence electrons. The van der Waals surface area contributed by atoms with Crippen LogP contribution >= 0.6 is 0 Å². The van der Waals surface area contributed by atoms with Gasteiger partial charge in [0.2, 0.25) is 0 Å². The molecule has 0 bridgehead atoms. The molecule has 0 saturated heterocycles. The van der Waals surface area contributed by atoms with Crippen LogP contribution in [0.3, 0.4) is 0 Å². The number of aliphatic hydroxyl groups is 1. The van der Waals surface area contributed by atoms with Crippen LogP contribution in [0.4, 0.5) is 0 Å². The van der Waals surface area contributed by atoms with Crippen LogP contribution in [0.2, 0.25) is 0 Å². The molecule has 2 aliphatic rings. The van der Waals surface area contributed by atoms with Gasteiger partial charge in [-0.3, -0.25) is 0 Å². The van der Waals surface area contributed by atoms with Crippen LogP contribution in [0.25, 0.3) is 0 Å². The van der Waals surface area contributed by atoms with Gasteiger partial charge in [-0.25, -0.2) is 0 Å². The quantitative estimate of drug-likeness (QED) is 0.771. The maximum absolute atomic E-state index is 10.7. The molecule has 0 aromatic heterocycles. The van der Waals surface area contributed by atoms with Gasteiger partial charge < -0.3 is 5.11 Å². The lowest BCUT2D eigenvalue weighted by Crippen LogP contribution is -2.42. The zero-order valence-corrected chi connectivity index (χ0v) is 11.4. The Morgan fingerprint density at radius 1 is 1.33 bits per heavy atom. The molecule has 0 amide bonds. The van der Waals surface area contributed by atoms with Gasteiger partial charge in [0.1, 0.15) is 0 Å². The molecule has 2 aliphatic carbocycles. The van der Waals surface area contributed by atoms with E-state index >= 15 is 0 Å². The first kappa shape index (κ1) is 13.6. The molecule has 0 aromatic carbocycles. The number of rotatable bonds is 3. The average molecular weight is 247 g/mol. The number of hydrogen-bond acceptors (Lipinski definition) is 2. The SMILES string of the molecule is CCC1CCC(C#N)(C(O)C2CC=CCC2)CC1. The van der Waals surface area contributed by atoms with Crippen molar-refractivity contribution in [3.8, 4) is 6.07 Å². The molecular formula is C16H25NO. The lowest BCUT2D eigenvalue weighted by Gasteiger charge is -2.41. The molecule has 2 unspecified atom stereocenters. The van der Waals surface area contributed by atoms with E-state index in [0.29, 0.717) is 5.92 Å². The summed E-state index contributed by atoms with van der Waals surface area (Å²) in [6, 6.07) is 2.49. The Bertz CT molecular complexity index is 333. The second-order valence-corrected chi connectivity index (χ2v) is 6.11. The fourth-order valence-electron chi connectivity index (χ4n) is 3.63. The lowest BCUT2D eigenvalue weighted by atomic mass is 9.64. The highest BCUT2D eigenvalue weighted by molar-refractivity contribution is 5.09. The molecule has 18 heavy (non-hydrogen) atoms. The Balaban J connectivity index is 2.04. The summed E-state index contributed by atoms with van der Waals surface area (Å²) in [5.74, 6) is 1.07. The van der Waals surface area contributed by atoms with Crippen molar-refractivity contribution >= 4 is 0 Å². The molecule has 0 aromatic rings. The minimum Gasteiger partial charge on any atom is -0.391 e. The Morgan fingerprint density at radius 2 is 2.06 bits per heavy atom. The van der Waals surface area contributed by atoms with Crippen molar-refractivity contribution in [2.45, 2.75) is 64.4 Å². The molecule has 0 aliphatic heterocycles. The molecule has 0 radical (unpaired) electrons. The largest absolute Gasteiger partial charge is 0.391 e. The third-order valence-corrected chi connectivity index (χ3v) is 5.12. The van der Waals surface area contributed by atoms with Crippen LogP contribution in [0.5, 0.6) is 0 Å². The van der Waals surface area contributed by atoms with Gasteiger partial charge in [-0.1, -0.05) is 25.5 Å². The average Bonchev–Trinajstić information content (AvgIpc) is 2.47. The number of aliphatic hydroxyl groups excluding tert-OH is 1. The van der Waals surface area contributed by atoms with E-state index in [1.165, 1.54) is 6.42 Å². The summed E-state index contributed by atoms with van der Waals surface area (Å²) in [5.41, 5.74) is -0.457. The van der Waals surface area contributed by atoms with E-state index < -0.39 is 11.5 Å².